The molecule has 2 aromatic carbocycles. The van der Waals surface area contributed by atoms with Gasteiger partial charge in [0.2, 0.25) is 5.91 Å². The minimum atomic E-state index is -0.204. The Bertz CT molecular complexity index is 1330. The van der Waals surface area contributed by atoms with E-state index in [1.54, 1.807) is 28.0 Å². The first-order chi connectivity index (χ1) is 16.1. The molecule has 0 aliphatic heterocycles. The van der Waals surface area contributed by atoms with Gasteiger partial charge >= 0.3 is 0 Å². The predicted molar refractivity (Wildman–Crippen MR) is 135 cm³/mol. The Balaban J connectivity index is 1.41. The van der Waals surface area contributed by atoms with Gasteiger partial charge in [0.25, 0.3) is 0 Å². The minimum absolute atomic E-state index is 0.0696. The molecule has 1 amide bonds. The SMILES string of the molecule is O=C(Cn1c(-c2ccc(Cl)cc2)n[nH]c1=S)NC(c1ccc2c(c1)CCCC2)c1cccs1. The summed E-state index contributed by atoms with van der Waals surface area (Å²) in [5.41, 5.74) is 4.78. The Kier molecular flexibility index (Phi) is 6.44. The van der Waals surface area contributed by atoms with Crippen molar-refractivity contribution in [2.75, 3.05) is 0 Å². The Morgan fingerprint density at radius 2 is 1.94 bits per heavy atom. The summed E-state index contributed by atoms with van der Waals surface area (Å²) in [7, 11) is 0. The number of amides is 1. The van der Waals surface area contributed by atoms with Gasteiger partial charge in [-0.25, -0.2) is 0 Å². The molecule has 2 N–H and O–H groups in total. The van der Waals surface area contributed by atoms with Crippen molar-refractivity contribution in [1.29, 1.82) is 0 Å². The Morgan fingerprint density at radius 1 is 1.15 bits per heavy atom. The van der Waals surface area contributed by atoms with Gasteiger partial charge in [0.1, 0.15) is 6.54 Å². The van der Waals surface area contributed by atoms with Crippen molar-refractivity contribution in [3.8, 4) is 11.4 Å². The molecule has 1 aliphatic rings. The fraction of sp³-hybridized carbons (Fsp3) is 0.240. The van der Waals surface area contributed by atoms with Gasteiger partial charge in [-0.3, -0.25) is 14.5 Å². The molecule has 0 saturated carbocycles. The summed E-state index contributed by atoms with van der Waals surface area (Å²) in [6.45, 7) is 0.0696. The van der Waals surface area contributed by atoms with Gasteiger partial charge < -0.3 is 5.32 Å². The maximum absolute atomic E-state index is 13.2. The Morgan fingerprint density at radius 3 is 2.70 bits per heavy atom. The second-order valence-electron chi connectivity index (χ2n) is 8.20. The van der Waals surface area contributed by atoms with E-state index in [2.05, 4.69) is 39.8 Å². The number of halogens is 1. The summed E-state index contributed by atoms with van der Waals surface area (Å²) in [4.78, 5) is 14.3. The number of rotatable bonds is 6. The summed E-state index contributed by atoms with van der Waals surface area (Å²) < 4.78 is 2.11. The molecule has 1 unspecified atom stereocenters. The summed E-state index contributed by atoms with van der Waals surface area (Å²) in [5, 5.41) is 13.1. The summed E-state index contributed by atoms with van der Waals surface area (Å²) >= 11 is 13.1. The Labute approximate surface area is 206 Å². The van der Waals surface area contributed by atoms with E-state index >= 15 is 0 Å². The maximum atomic E-state index is 13.2. The first-order valence-corrected chi connectivity index (χ1v) is 12.6. The Hall–Kier alpha value is -2.74. The van der Waals surface area contributed by atoms with E-state index in [4.69, 9.17) is 23.8 Å². The quantitative estimate of drug-likeness (QED) is 0.318. The number of hydrogen-bond donors (Lipinski definition) is 2. The standard InChI is InChI=1S/C25H23ClN4OS2/c26-20-11-9-17(10-12-20)24-28-29-25(32)30(24)15-22(31)27-23(21-6-3-13-33-21)19-8-7-16-4-1-2-5-18(16)14-19/h3,6-14,23H,1-2,4-5,15H2,(H,27,31)(H,29,32). The second kappa shape index (κ2) is 9.63. The smallest absolute Gasteiger partial charge is 0.240 e. The van der Waals surface area contributed by atoms with Crippen LogP contribution < -0.4 is 5.32 Å². The first-order valence-electron chi connectivity index (χ1n) is 10.9. The van der Waals surface area contributed by atoms with E-state index in [-0.39, 0.29) is 18.5 Å². The molecule has 0 radical (unpaired) electrons. The summed E-state index contributed by atoms with van der Waals surface area (Å²) in [6.07, 6.45) is 4.71. The average molecular weight is 495 g/mol. The normalized spacial score (nSPS) is 14.0. The molecule has 0 bridgehead atoms. The lowest BCUT2D eigenvalue weighted by Crippen LogP contribution is -2.32. The third-order valence-electron chi connectivity index (χ3n) is 6.00. The number of carbonyl (C=O) groups is 1. The zero-order chi connectivity index (χ0) is 22.8. The van der Waals surface area contributed by atoms with Crippen LogP contribution in [0.1, 0.15) is 40.5 Å². The van der Waals surface area contributed by atoms with Crippen LogP contribution in [0.15, 0.2) is 60.0 Å². The molecule has 4 aromatic rings. The van der Waals surface area contributed by atoms with Crippen LogP contribution in [0.2, 0.25) is 5.02 Å². The highest BCUT2D eigenvalue weighted by Gasteiger charge is 2.21. The molecule has 5 rings (SSSR count). The number of H-pyrrole nitrogens is 1. The third kappa shape index (κ3) is 4.81. The molecule has 8 heteroatoms. The molecule has 0 spiro atoms. The number of nitrogens with zero attached hydrogens (tertiary/aromatic N) is 2. The average Bonchev–Trinajstić information content (AvgIpc) is 3.49. The summed E-state index contributed by atoms with van der Waals surface area (Å²) in [6, 6.07) is 17.8. The number of hydrogen-bond acceptors (Lipinski definition) is 4. The van der Waals surface area contributed by atoms with Gasteiger partial charge in [0.05, 0.1) is 6.04 Å². The predicted octanol–water partition coefficient (Wildman–Crippen LogP) is 6.11. The highest BCUT2D eigenvalue weighted by Crippen LogP contribution is 2.30. The van der Waals surface area contributed by atoms with E-state index in [9.17, 15) is 4.79 Å². The van der Waals surface area contributed by atoms with Crippen molar-refractivity contribution in [3.63, 3.8) is 0 Å². The van der Waals surface area contributed by atoms with Gasteiger partial charge in [-0.05, 0) is 90.3 Å². The number of nitrogens with one attached hydrogen (secondary N) is 2. The largest absolute Gasteiger partial charge is 0.343 e. The van der Waals surface area contributed by atoms with E-state index in [0.29, 0.717) is 15.6 Å². The lowest BCUT2D eigenvalue weighted by atomic mass is 9.89. The zero-order valence-corrected chi connectivity index (χ0v) is 20.3. The number of fused-ring (bicyclic) bond motifs is 1. The molecular formula is C25H23ClN4OS2. The number of thiophene rings is 1. The van der Waals surface area contributed by atoms with E-state index in [1.165, 1.54) is 24.0 Å². The van der Waals surface area contributed by atoms with Crippen LogP contribution in [0.4, 0.5) is 0 Å². The van der Waals surface area contributed by atoms with Gasteiger partial charge in [-0.1, -0.05) is 35.9 Å². The zero-order valence-electron chi connectivity index (χ0n) is 17.9. The number of aromatic amines is 1. The molecule has 33 heavy (non-hydrogen) atoms. The highest BCUT2D eigenvalue weighted by molar-refractivity contribution is 7.71. The van der Waals surface area contributed by atoms with Crippen molar-refractivity contribution in [2.45, 2.75) is 38.3 Å². The molecule has 2 aromatic heterocycles. The van der Waals surface area contributed by atoms with Crippen LogP contribution in [0.25, 0.3) is 11.4 Å². The van der Waals surface area contributed by atoms with Crippen LogP contribution in [0, 0.1) is 4.77 Å². The summed E-state index contributed by atoms with van der Waals surface area (Å²) in [5.74, 6) is 0.479. The van der Waals surface area contributed by atoms with Gasteiger partial charge in [-0.2, -0.15) is 5.10 Å². The highest BCUT2D eigenvalue weighted by atomic mass is 35.5. The lowest BCUT2D eigenvalue weighted by molar-refractivity contribution is -0.122. The third-order valence-corrected chi connectivity index (χ3v) is 7.50. The molecule has 2 heterocycles. The first kappa shape index (κ1) is 22.1. The van der Waals surface area contributed by atoms with Crippen LogP contribution in [0.5, 0.6) is 0 Å². The van der Waals surface area contributed by atoms with Crippen LogP contribution in [-0.2, 0) is 24.2 Å². The van der Waals surface area contributed by atoms with Crippen molar-refractivity contribution >= 4 is 41.1 Å². The van der Waals surface area contributed by atoms with Gasteiger partial charge in [-0.15, -0.1) is 11.3 Å². The van der Waals surface area contributed by atoms with Crippen molar-refractivity contribution < 1.29 is 4.79 Å². The number of aryl methyl sites for hydroxylation is 2. The van der Waals surface area contributed by atoms with Crippen molar-refractivity contribution in [2.24, 2.45) is 0 Å². The maximum Gasteiger partial charge on any atom is 0.240 e. The number of aromatic nitrogens is 3. The molecule has 1 atom stereocenters. The molecule has 168 valence electrons. The van der Waals surface area contributed by atoms with Crippen LogP contribution in [0.3, 0.4) is 0 Å². The fourth-order valence-electron chi connectivity index (χ4n) is 4.34. The van der Waals surface area contributed by atoms with Crippen LogP contribution in [-0.4, -0.2) is 20.7 Å². The number of carbonyl (C=O) groups excluding carboxylic acids is 1. The molecule has 0 fully saturated rings. The molecule has 1 aliphatic carbocycles. The van der Waals surface area contributed by atoms with Crippen molar-refractivity contribution in [3.05, 3.63) is 91.3 Å². The monoisotopic (exact) mass is 494 g/mol. The minimum Gasteiger partial charge on any atom is -0.343 e. The van der Waals surface area contributed by atoms with Gasteiger partial charge in [0, 0.05) is 15.5 Å². The van der Waals surface area contributed by atoms with E-state index < -0.39 is 0 Å². The van der Waals surface area contributed by atoms with E-state index in [0.717, 1.165) is 28.8 Å². The van der Waals surface area contributed by atoms with Crippen molar-refractivity contribution in [1.82, 2.24) is 20.1 Å². The van der Waals surface area contributed by atoms with Crippen LogP contribution >= 0.6 is 35.2 Å². The second-order valence-corrected chi connectivity index (χ2v) is 10.00. The molecule has 5 nitrogen and oxygen atoms in total. The molecule has 0 saturated heterocycles. The van der Waals surface area contributed by atoms with Gasteiger partial charge in [0.15, 0.2) is 10.6 Å². The topological polar surface area (TPSA) is 62.7 Å². The number of benzene rings is 2. The lowest BCUT2D eigenvalue weighted by Gasteiger charge is -2.22. The van der Waals surface area contributed by atoms with E-state index in [1.807, 2.05) is 23.6 Å². The fourth-order valence-corrected chi connectivity index (χ4v) is 5.47. The molecular weight excluding hydrogens is 472 g/mol.